The van der Waals surface area contributed by atoms with Crippen LogP contribution >= 0.6 is 0 Å². The molecule has 0 radical (unpaired) electrons. The SMILES string of the molecule is CCOC(=O)C1CNCCN1C(=O)CC(C)C(C)(C)C. The van der Waals surface area contributed by atoms with Crippen LogP contribution in [-0.2, 0) is 14.3 Å². The number of hydrogen-bond donors (Lipinski definition) is 1. The van der Waals surface area contributed by atoms with Gasteiger partial charge in [-0.1, -0.05) is 27.7 Å². The smallest absolute Gasteiger partial charge is 0.330 e. The molecule has 0 aromatic carbocycles. The topological polar surface area (TPSA) is 58.6 Å². The molecular weight excluding hydrogens is 256 g/mol. The highest BCUT2D eigenvalue weighted by atomic mass is 16.5. The lowest BCUT2D eigenvalue weighted by Gasteiger charge is -2.36. The summed E-state index contributed by atoms with van der Waals surface area (Å²) in [7, 11) is 0. The Balaban J connectivity index is 2.70. The van der Waals surface area contributed by atoms with Crippen molar-refractivity contribution in [3.63, 3.8) is 0 Å². The van der Waals surface area contributed by atoms with Gasteiger partial charge in [0.2, 0.25) is 5.91 Å². The van der Waals surface area contributed by atoms with Crippen LogP contribution in [0, 0.1) is 11.3 Å². The van der Waals surface area contributed by atoms with Crippen LogP contribution in [-0.4, -0.2) is 49.1 Å². The van der Waals surface area contributed by atoms with Crippen LogP contribution in [0.4, 0.5) is 0 Å². The molecular formula is C15H28N2O3. The zero-order chi connectivity index (χ0) is 15.3. The van der Waals surface area contributed by atoms with E-state index in [9.17, 15) is 9.59 Å². The highest BCUT2D eigenvalue weighted by Gasteiger charge is 2.34. The third-order valence-electron chi connectivity index (χ3n) is 4.08. The average molecular weight is 284 g/mol. The van der Waals surface area contributed by atoms with Gasteiger partial charge in [-0.15, -0.1) is 0 Å². The quantitative estimate of drug-likeness (QED) is 0.793. The van der Waals surface area contributed by atoms with Crippen LogP contribution in [0.1, 0.15) is 41.0 Å². The third-order valence-corrected chi connectivity index (χ3v) is 4.08. The van der Waals surface area contributed by atoms with E-state index in [0.29, 0.717) is 26.1 Å². The standard InChI is InChI=1S/C15H28N2O3/c1-6-20-14(19)12-10-16-7-8-17(12)13(18)9-11(2)15(3,4)5/h11-12,16H,6-10H2,1-5H3. The lowest BCUT2D eigenvalue weighted by atomic mass is 9.80. The minimum absolute atomic E-state index is 0.0481. The highest BCUT2D eigenvalue weighted by molar-refractivity contribution is 5.85. The van der Waals surface area contributed by atoms with Crippen molar-refractivity contribution < 1.29 is 14.3 Å². The molecule has 0 saturated carbocycles. The Bertz CT molecular complexity index is 350. The summed E-state index contributed by atoms with van der Waals surface area (Å²) in [5.74, 6) is 0.0103. The molecule has 2 atom stereocenters. The molecule has 1 saturated heterocycles. The molecule has 2 unspecified atom stereocenters. The summed E-state index contributed by atoms with van der Waals surface area (Å²) in [5, 5.41) is 3.15. The van der Waals surface area contributed by atoms with Gasteiger partial charge < -0.3 is 15.0 Å². The maximum absolute atomic E-state index is 12.5. The predicted molar refractivity (Wildman–Crippen MR) is 78.2 cm³/mol. The average Bonchev–Trinajstić information content (AvgIpc) is 2.37. The Hall–Kier alpha value is -1.10. The number of hydrogen-bond acceptors (Lipinski definition) is 4. The van der Waals surface area contributed by atoms with Gasteiger partial charge >= 0.3 is 5.97 Å². The first-order chi connectivity index (χ1) is 9.27. The number of carbonyl (C=O) groups is 2. The maximum Gasteiger partial charge on any atom is 0.330 e. The Morgan fingerprint density at radius 1 is 1.40 bits per heavy atom. The first-order valence-electron chi connectivity index (χ1n) is 7.44. The molecule has 0 aromatic rings. The van der Waals surface area contributed by atoms with E-state index in [1.54, 1.807) is 11.8 Å². The number of rotatable bonds is 4. The lowest BCUT2D eigenvalue weighted by molar-refractivity contribution is -0.156. The molecule has 116 valence electrons. The molecule has 1 N–H and O–H groups in total. The van der Waals surface area contributed by atoms with E-state index in [2.05, 4.69) is 33.0 Å². The van der Waals surface area contributed by atoms with Crippen molar-refractivity contribution >= 4 is 11.9 Å². The van der Waals surface area contributed by atoms with Gasteiger partial charge in [-0.2, -0.15) is 0 Å². The number of nitrogens with zero attached hydrogens (tertiary/aromatic N) is 1. The Morgan fingerprint density at radius 3 is 2.60 bits per heavy atom. The molecule has 1 heterocycles. The minimum Gasteiger partial charge on any atom is -0.464 e. The van der Waals surface area contributed by atoms with Crippen LogP contribution in [0.5, 0.6) is 0 Å². The van der Waals surface area contributed by atoms with Gasteiger partial charge in [0.25, 0.3) is 0 Å². The monoisotopic (exact) mass is 284 g/mol. The number of amides is 1. The van der Waals surface area contributed by atoms with Crippen molar-refractivity contribution in [1.82, 2.24) is 10.2 Å². The number of ether oxygens (including phenoxy) is 1. The molecule has 20 heavy (non-hydrogen) atoms. The predicted octanol–water partition coefficient (Wildman–Crippen LogP) is 1.42. The number of carbonyl (C=O) groups excluding carboxylic acids is 2. The van der Waals surface area contributed by atoms with E-state index in [4.69, 9.17) is 4.74 Å². The second-order valence-electron chi connectivity index (χ2n) is 6.53. The fourth-order valence-electron chi connectivity index (χ4n) is 2.14. The van der Waals surface area contributed by atoms with Gasteiger partial charge in [0, 0.05) is 26.1 Å². The van der Waals surface area contributed by atoms with Crippen LogP contribution in [0.3, 0.4) is 0 Å². The number of piperazine rings is 1. The minimum atomic E-state index is -0.483. The van der Waals surface area contributed by atoms with Gasteiger partial charge in [-0.25, -0.2) is 4.79 Å². The van der Waals surface area contributed by atoms with E-state index >= 15 is 0 Å². The van der Waals surface area contributed by atoms with Gasteiger partial charge in [-0.3, -0.25) is 4.79 Å². The fourth-order valence-corrected chi connectivity index (χ4v) is 2.14. The first kappa shape index (κ1) is 17.0. The zero-order valence-electron chi connectivity index (χ0n) is 13.4. The van der Waals surface area contributed by atoms with Crippen molar-refractivity contribution in [2.24, 2.45) is 11.3 Å². The van der Waals surface area contributed by atoms with Gasteiger partial charge in [0.15, 0.2) is 0 Å². The van der Waals surface area contributed by atoms with Crippen molar-refractivity contribution in [2.75, 3.05) is 26.2 Å². The van der Waals surface area contributed by atoms with Crippen LogP contribution < -0.4 is 5.32 Å². The van der Waals surface area contributed by atoms with Crippen LogP contribution in [0.15, 0.2) is 0 Å². The second kappa shape index (κ2) is 7.07. The van der Waals surface area contributed by atoms with E-state index < -0.39 is 6.04 Å². The summed E-state index contributed by atoms with van der Waals surface area (Å²) >= 11 is 0. The molecule has 1 fully saturated rings. The van der Waals surface area contributed by atoms with E-state index in [0.717, 1.165) is 6.54 Å². The molecule has 5 heteroatoms. The Morgan fingerprint density at radius 2 is 2.05 bits per heavy atom. The fraction of sp³-hybridized carbons (Fsp3) is 0.867. The van der Waals surface area contributed by atoms with Gasteiger partial charge in [0.1, 0.15) is 6.04 Å². The molecule has 5 nitrogen and oxygen atoms in total. The molecule has 1 rings (SSSR count). The molecule has 1 aliphatic heterocycles. The summed E-state index contributed by atoms with van der Waals surface area (Å²) in [6.45, 7) is 12.4. The zero-order valence-corrected chi connectivity index (χ0v) is 13.4. The summed E-state index contributed by atoms with van der Waals surface area (Å²) in [5.41, 5.74) is 0.0864. The second-order valence-corrected chi connectivity index (χ2v) is 6.53. The summed E-state index contributed by atoms with van der Waals surface area (Å²) in [4.78, 5) is 26.1. The molecule has 0 spiro atoms. The summed E-state index contributed by atoms with van der Waals surface area (Å²) < 4.78 is 5.06. The normalized spacial score (nSPS) is 21.4. The van der Waals surface area contributed by atoms with Crippen LogP contribution in [0.2, 0.25) is 0 Å². The largest absolute Gasteiger partial charge is 0.464 e. The van der Waals surface area contributed by atoms with Crippen LogP contribution in [0.25, 0.3) is 0 Å². The van der Waals surface area contributed by atoms with Crippen molar-refractivity contribution in [3.05, 3.63) is 0 Å². The highest BCUT2D eigenvalue weighted by Crippen LogP contribution is 2.28. The van der Waals surface area contributed by atoms with Crippen molar-refractivity contribution in [1.29, 1.82) is 0 Å². The van der Waals surface area contributed by atoms with E-state index in [1.807, 2.05) is 0 Å². The molecule has 1 amide bonds. The Labute approximate surface area is 122 Å². The van der Waals surface area contributed by atoms with Gasteiger partial charge in [0.05, 0.1) is 6.61 Å². The third kappa shape index (κ3) is 4.47. The summed E-state index contributed by atoms with van der Waals surface area (Å²) in [6, 6.07) is -0.483. The lowest BCUT2D eigenvalue weighted by Crippen LogP contribution is -2.57. The first-order valence-corrected chi connectivity index (χ1v) is 7.44. The van der Waals surface area contributed by atoms with Crippen molar-refractivity contribution in [3.8, 4) is 0 Å². The number of nitrogens with one attached hydrogen (secondary N) is 1. The maximum atomic E-state index is 12.5. The number of esters is 1. The summed E-state index contributed by atoms with van der Waals surface area (Å²) in [6.07, 6.45) is 0.472. The molecule has 0 aromatic heterocycles. The molecule has 0 aliphatic carbocycles. The van der Waals surface area contributed by atoms with E-state index in [-0.39, 0.29) is 23.2 Å². The van der Waals surface area contributed by atoms with Crippen molar-refractivity contribution in [2.45, 2.75) is 47.1 Å². The van der Waals surface area contributed by atoms with E-state index in [1.165, 1.54) is 0 Å². The molecule has 1 aliphatic rings. The molecule has 0 bridgehead atoms. The van der Waals surface area contributed by atoms with Gasteiger partial charge in [-0.05, 0) is 18.3 Å². The Kier molecular flexibility index (Phi) is 5.99.